The van der Waals surface area contributed by atoms with E-state index in [0.29, 0.717) is 0 Å². The van der Waals surface area contributed by atoms with E-state index in [1.165, 1.54) is 12.3 Å². The summed E-state index contributed by atoms with van der Waals surface area (Å²) in [6.07, 6.45) is 1.23. The summed E-state index contributed by atoms with van der Waals surface area (Å²) in [6, 6.07) is 0.210. The zero-order chi connectivity index (χ0) is 13.5. The number of carboxylic acid groups (broad SMARTS) is 1. The molecule has 10 heteroatoms. The number of rotatable bonds is 2. The Labute approximate surface area is 106 Å². The van der Waals surface area contributed by atoms with E-state index in [2.05, 4.69) is 10.3 Å². The quantitative estimate of drug-likeness (QED) is 0.760. The molecule has 0 unspecified atom stereocenters. The van der Waals surface area contributed by atoms with Crippen molar-refractivity contribution < 1.29 is 23.1 Å². The highest BCUT2D eigenvalue weighted by molar-refractivity contribution is 7.90. The number of halogens is 1. The van der Waals surface area contributed by atoms with Gasteiger partial charge in [0.25, 0.3) is 10.0 Å². The van der Waals surface area contributed by atoms with Crippen molar-refractivity contribution in [2.75, 3.05) is 11.9 Å². The Hall–Kier alpha value is -1.87. The number of aliphatic carboxylic acids is 1. The average molecular weight is 292 g/mol. The lowest BCUT2D eigenvalue weighted by Gasteiger charge is -2.27. The van der Waals surface area contributed by atoms with Crippen LogP contribution >= 0.6 is 11.6 Å². The van der Waals surface area contributed by atoms with Gasteiger partial charge >= 0.3 is 12.0 Å². The van der Waals surface area contributed by atoms with E-state index in [0.717, 1.165) is 0 Å². The van der Waals surface area contributed by atoms with Crippen LogP contribution in [0, 0.1) is 0 Å². The van der Waals surface area contributed by atoms with Crippen LogP contribution in [0.1, 0.15) is 0 Å². The minimum absolute atomic E-state index is 0.0263. The van der Waals surface area contributed by atoms with Crippen molar-refractivity contribution in [2.24, 2.45) is 0 Å². The summed E-state index contributed by atoms with van der Waals surface area (Å²) in [5.41, 5.74) is -0.0263. The van der Waals surface area contributed by atoms with Gasteiger partial charge in [-0.1, -0.05) is 11.6 Å². The zero-order valence-corrected chi connectivity index (χ0v) is 10.2. The van der Waals surface area contributed by atoms with Crippen LogP contribution in [0.15, 0.2) is 17.2 Å². The minimum Gasteiger partial charge on any atom is -0.480 e. The summed E-state index contributed by atoms with van der Waals surface area (Å²) < 4.78 is 24.3. The number of pyridine rings is 1. The fourth-order valence-corrected chi connectivity index (χ4v) is 3.32. The van der Waals surface area contributed by atoms with E-state index in [1.54, 1.807) is 0 Å². The Morgan fingerprint density at radius 1 is 1.56 bits per heavy atom. The molecule has 2 rings (SSSR count). The molecule has 0 saturated carbocycles. The summed E-state index contributed by atoms with van der Waals surface area (Å²) in [5, 5.41) is 10.5. The minimum atomic E-state index is -4.31. The van der Waals surface area contributed by atoms with Crippen LogP contribution in [0.3, 0.4) is 0 Å². The number of sulfonamides is 1. The summed E-state index contributed by atoms with van der Waals surface area (Å²) in [4.78, 5) is 25.3. The summed E-state index contributed by atoms with van der Waals surface area (Å²) in [6.45, 7) is -0.987. The van der Waals surface area contributed by atoms with Gasteiger partial charge in [0.2, 0.25) is 0 Å². The fraction of sp³-hybridized carbons (Fsp3) is 0.125. The van der Waals surface area contributed by atoms with Crippen molar-refractivity contribution in [2.45, 2.75) is 4.90 Å². The van der Waals surface area contributed by atoms with Crippen LogP contribution in [-0.4, -0.2) is 41.4 Å². The van der Waals surface area contributed by atoms with Gasteiger partial charge in [-0.25, -0.2) is 22.5 Å². The van der Waals surface area contributed by atoms with Gasteiger partial charge in [-0.05, 0) is 6.07 Å². The second-order valence-electron chi connectivity index (χ2n) is 3.31. The Morgan fingerprint density at radius 2 is 2.22 bits per heavy atom. The molecule has 0 spiro atoms. The predicted octanol–water partition coefficient (Wildman–Crippen LogP) is 0.356. The fourth-order valence-electron chi connectivity index (χ4n) is 1.44. The number of nitrogens with one attached hydrogen (secondary N) is 1. The normalized spacial score (nSPS) is 16.9. The van der Waals surface area contributed by atoms with Crippen molar-refractivity contribution in [3.8, 4) is 0 Å². The maximum Gasteiger partial charge on any atom is 0.336 e. The summed E-state index contributed by atoms with van der Waals surface area (Å²) in [5.74, 6) is -1.46. The molecule has 0 radical (unpaired) electrons. The molecule has 0 bridgehead atoms. The third-order valence-corrected chi connectivity index (χ3v) is 4.36. The molecule has 18 heavy (non-hydrogen) atoms. The van der Waals surface area contributed by atoms with Crippen LogP contribution in [-0.2, 0) is 14.8 Å². The molecule has 96 valence electrons. The maximum absolute atomic E-state index is 12.0. The first kappa shape index (κ1) is 12.6. The zero-order valence-electron chi connectivity index (χ0n) is 8.62. The number of amides is 2. The molecule has 0 aromatic carbocycles. The number of nitrogens with zero attached hydrogens (tertiary/aromatic N) is 2. The number of aromatic nitrogens is 1. The Balaban J connectivity index is 2.63. The second-order valence-corrected chi connectivity index (χ2v) is 5.47. The molecule has 0 fully saturated rings. The van der Waals surface area contributed by atoms with E-state index in [4.69, 9.17) is 16.7 Å². The van der Waals surface area contributed by atoms with Gasteiger partial charge in [-0.15, -0.1) is 0 Å². The van der Waals surface area contributed by atoms with Gasteiger partial charge in [-0.2, -0.15) is 0 Å². The second kappa shape index (κ2) is 4.10. The molecule has 1 aliphatic heterocycles. The molecule has 1 aliphatic rings. The highest BCUT2D eigenvalue weighted by Gasteiger charge is 2.39. The van der Waals surface area contributed by atoms with Gasteiger partial charge in [0, 0.05) is 6.20 Å². The van der Waals surface area contributed by atoms with Gasteiger partial charge in [0.1, 0.15) is 11.4 Å². The van der Waals surface area contributed by atoms with Gasteiger partial charge in [0.05, 0.1) is 5.69 Å². The molecular formula is C8H6ClN3O5S. The van der Waals surface area contributed by atoms with Crippen LogP contribution in [0.4, 0.5) is 10.5 Å². The molecule has 1 aromatic rings. The lowest BCUT2D eigenvalue weighted by atomic mass is 10.4. The Kier molecular flexibility index (Phi) is 2.87. The van der Waals surface area contributed by atoms with Crippen molar-refractivity contribution in [3.05, 3.63) is 17.4 Å². The van der Waals surface area contributed by atoms with E-state index in [-0.39, 0.29) is 15.1 Å². The number of hydrogen-bond acceptors (Lipinski definition) is 5. The first-order chi connectivity index (χ1) is 8.34. The number of fused-ring (bicyclic) bond motifs is 1. The van der Waals surface area contributed by atoms with Crippen molar-refractivity contribution in [1.29, 1.82) is 0 Å². The molecule has 0 atom stereocenters. The third-order valence-electron chi connectivity index (χ3n) is 2.16. The van der Waals surface area contributed by atoms with Gasteiger partial charge in [-0.3, -0.25) is 4.79 Å². The van der Waals surface area contributed by atoms with Crippen molar-refractivity contribution in [3.63, 3.8) is 0 Å². The average Bonchev–Trinajstić information content (AvgIpc) is 2.23. The molecule has 0 saturated heterocycles. The van der Waals surface area contributed by atoms with Gasteiger partial charge in [0.15, 0.2) is 5.15 Å². The lowest BCUT2D eigenvalue weighted by molar-refractivity contribution is -0.136. The molecule has 1 aromatic heterocycles. The first-order valence-corrected chi connectivity index (χ1v) is 6.36. The number of carbonyl (C=O) groups excluding carboxylic acids is 1. The molecule has 2 amide bonds. The number of hydrogen-bond donors (Lipinski definition) is 2. The van der Waals surface area contributed by atoms with E-state index < -0.39 is 33.5 Å². The van der Waals surface area contributed by atoms with Crippen LogP contribution in [0.5, 0.6) is 0 Å². The summed E-state index contributed by atoms with van der Waals surface area (Å²) in [7, 11) is -4.31. The standard InChI is InChI=1S/C8H6ClN3O5S/c9-7-6-4(1-2-10-7)11-8(15)12(3-5(13)14)18(6,16)17/h1-2H,3H2,(H,11,15)(H,13,14). The molecular weight excluding hydrogens is 286 g/mol. The van der Waals surface area contributed by atoms with E-state index in [9.17, 15) is 18.0 Å². The molecule has 2 heterocycles. The predicted molar refractivity (Wildman–Crippen MR) is 59.8 cm³/mol. The maximum atomic E-state index is 12.0. The van der Waals surface area contributed by atoms with Gasteiger partial charge < -0.3 is 10.4 Å². The highest BCUT2D eigenvalue weighted by atomic mass is 35.5. The lowest BCUT2D eigenvalue weighted by Crippen LogP contribution is -2.46. The van der Waals surface area contributed by atoms with E-state index >= 15 is 0 Å². The highest BCUT2D eigenvalue weighted by Crippen LogP contribution is 2.33. The van der Waals surface area contributed by atoms with Crippen molar-refractivity contribution in [1.82, 2.24) is 9.29 Å². The number of anilines is 1. The van der Waals surface area contributed by atoms with Crippen LogP contribution in [0.2, 0.25) is 5.15 Å². The third kappa shape index (κ3) is 1.87. The Morgan fingerprint density at radius 3 is 2.83 bits per heavy atom. The molecule has 0 aliphatic carbocycles. The van der Waals surface area contributed by atoms with Crippen LogP contribution in [0.25, 0.3) is 0 Å². The van der Waals surface area contributed by atoms with Crippen molar-refractivity contribution >= 4 is 39.3 Å². The SMILES string of the molecule is O=C(O)CN1C(=O)Nc2ccnc(Cl)c2S1(=O)=O. The smallest absolute Gasteiger partial charge is 0.336 e. The van der Waals surface area contributed by atoms with E-state index in [1.807, 2.05) is 0 Å². The largest absolute Gasteiger partial charge is 0.480 e. The topological polar surface area (TPSA) is 117 Å². The Bertz CT molecular complexity index is 644. The summed E-state index contributed by atoms with van der Waals surface area (Å²) >= 11 is 5.66. The molecule has 8 nitrogen and oxygen atoms in total. The monoisotopic (exact) mass is 291 g/mol. The number of carbonyl (C=O) groups is 2. The number of carboxylic acids is 1. The number of urea groups is 1. The first-order valence-electron chi connectivity index (χ1n) is 4.54. The van der Waals surface area contributed by atoms with Crippen LogP contribution < -0.4 is 5.32 Å². The molecule has 2 N–H and O–H groups in total.